The number of imidazole rings is 1. The fourth-order valence-corrected chi connectivity index (χ4v) is 3.49. The largest absolute Gasteiger partial charge is 0.455 e. The zero-order chi connectivity index (χ0) is 19.3. The van der Waals surface area contributed by atoms with Crippen molar-refractivity contribution in [3.05, 3.63) is 59.7 Å². The molecule has 0 unspecified atom stereocenters. The van der Waals surface area contributed by atoms with Gasteiger partial charge in [0, 0.05) is 26.2 Å². The second-order valence-electron chi connectivity index (χ2n) is 7.06. The Kier molecular flexibility index (Phi) is 5.55. The highest BCUT2D eigenvalue weighted by molar-refractivity contribution is 5.78. The minimum absolute atomic E-state index is 0.149. The number of para-hydroxylation sites is 2. The van der Waals surface area contributed by atoms with Crippen molar-refractivity contribution in [2.24, 2.45) is 0 Å². The third kappa shape index (κ3) is 4.49. The van der Waals surface area contributed by atoms with Crippen LogP contribution in [0.1, 0.15) is 11.1 Å². The molecule has 4 rings (SSSR count). The van der Waals surface area contributed by atoms with Crippen LogP contribution in [0.15, 0.2) is 48.5 Å². The molecule has 0 aliphatic carbocycles. The molecule has 0 fully saturated rings. The van der Waals surface area contributed by atoms with Gasteiger partial charge in [0.25, 0.3) is 11.9 Å². The van der Waals surface area contributed by atoms with E-state index < -0.39 is 6.10 Å². The van der Waals surface area contributed by atoms with Gasteiger partial charge in [0.2, 0.25) is 0 Å². The summed E-state index contributed by atoms with van der Waals surface area (Å²) in [4.78, 5) is 21.5. The van der Waals surface area contributed by atoms with E-state index in [-0.39, 0.29) is 19.1 Å². The second kappa shape index (κ2) is 8.41. The highest BCUT2D eigenvalue weighted by Crippen LogP contribution is 2.18. The Hall–Kier alpha value is -2.90. The summed E-state index contributed by atoms with van der Waals surface area (Å²) in [6.45, 7) is 2.32. The number of nitrogens with zero attached hydrogens (tertiary/aromatic N) is 2. The number of hydrogen-bond acceptors (Lipinski definition) is 5. The number of fused-ring (bicyclic) bond motifs is 2. The molecule has 0 saturated carbocycles. The van der Waals surface area contributed by atoms with Crippen LogP contribution in [0.5, 0.6) is 6.01 Å². The van der Waals surface area contributed by atoms with Crippen molar-refractivity contribution < 1.29 is 14.6 Å². The number of amides is 1. The molecule has 1 aliphatic rings. The molecule has 0 saturated heterocycles. The molecule has 1 amide bonds. The van der Waals surface area contributed by atoms with Gasteiger partial charge in [-0.2, -0.15) is 4.98 Å². The Morgan fingerprint density at radius 2 is 2.00 bits per heavy atom. The highest BCUT2D eigenvalue weighted by Gasteiger charge is 2.18. The van der Waals surface area contributed by atoms with Crippen LogP contribution in [-0.4, -0.2) is 58.2 Å². The maximum atomic E-state index is 12.0. The number of aromatic amines is 1. The first kappa shape index (κ1) is 18.5. The number of aliphatic hydroxyl groups is 1. The number of rotatable bonds is 7. The molecule has 2 aromatic carbocycles. The molecule has 146 valence electrons. The summed E-state index contributed by atoms with van der Waals surface area (Å²) >= 11 is 0. The Morgan fingerprint density at radius 1 is 1.21 bits per heavy atom. The van der Waals surface area contributed by atoms with E-state index in [2.05, 4.69) is 38.4 Å². The van der Waals surface area contributed by atoms with Crippen molar-refractivity contribution in [3.8, 4) is 6.01 Å². The maximum absolute atomic E-state index is 12.0. The van der Waals surface area contributed by atoms with E-state index in [4.69, 9.17) is 4.74 Å². The predicted octanol–water partition coefficient (Wildman–Crippen LogP) is 1.48. The number of nitrogens with one attached hydrogen (secondary N) is 2. The lowest BCUT2D eigenvalue weighted by atomic mass is 10.00. The molecule has 1 aliphatic heterocycles. The van der Waals surface area contributed by atoms with Crippen LogP contribution in [0.3, 0.4) is 0 Å². The zero-order valence-electron chi connectivity index (χ0n) is 15.6. The third-order valence-electron chi connectivity index (χ3n) is 4.92. The molecule has 7 nitrogen and oxygen atoms in total. The average molecular weight is 380 g/mol. The normalized spacial score (nSPS) is 15.2. The van der Waals surface area contributed by atoms with Crippen molar-refractivity contribution >= 4 is 16.9 Å². The van der Waals surface area contributed by atoms with E-state index in [9.17, 15) is 9.90 Å². The lowest BCUT2D eigenvalue weighted by Crippen LogP contribution is -2.42. The lowest BCUT2D eigenvalue weighted by Gasteiger charge is -2.30. The van der Waals surface area contributed by atoms with Crippen LogP contribution >= 0.6 is 0 Å². The highest BCUT2D eigenvalue weighted by atomic mass is 16.5. The van der Waals surface area contributed by atoms with Gasteiger partial charge in [-0.3, -0.25) is 9.69 Å². The summed E-state index contributed by atoms with van der Waals surface area (Å²) in [5.41, 5.74) is 4.33. The molecular formula is C21H24N4O3. The van der Waals surface area contributed by atoms with Crippen LogP contribution in [0.4, 0.5) is 0 Å². The number of carbonyl (C=O) groups excluding carboxylic acids is 1. The number of ether oxygens (including phenoxy) is 1. The van der Waals surface area contributed by atoms with E-state index in [1.165, 1.54) is 11.1 Å². The first-order valence-corrected chi connectivity index (χ1v) is 9.49. The van der Waals surface area contributed by atoms with Crippen molar-refractivity contribution in [2.45, 2.75) is 19.1 Å². The quantitative estimate of drug-likeness (QED) is 0.578. The minimum atomic E-state index is -0.625. The standard InChI is InChI=1S/C21H24N4O3/c26-17(13-25-10-9-15-5-1-2-6-16(15)12-25)11-22-20(27)14-28-21-23-18-7-3-4-8-19(18)24-21/h1-8,17,26H,9-14H2,(H,22,27)(H,23,24)/t17-/m1/s1. The van der Waals surface area contributed by atoms with E-state index in [0.717, 1.165) is 30.5 Å². The summed E-state index contributed by atoms with van der Waals surface area (Å²) in [6, 6.07) is 16.3. The molecule has 28 heavy (non-hydrogen) atoms. The number of benzene rings is 2. The van der Waals surface area contributed by atoms with E-state index in [0.29, 0.717) is 12.6 Å². The molecule has 1 atom stereocenters. The second-order valence-corrected chi connectivity index (χ2v) is 7.06. The number of hydrogen-bond donors (Lipinski definition) is 3. The summed E-state index contributed by atoms with van der Waals surface area (Å²) in [7, 11) is 0. The summed E-state index contributed by atoms with van der Waals surface area (Å²) in [5.74, 6) is -0.288. The van der Waals surface area contributed by atoms with Gasteiger partial charge in [-0.05, 0) is 29.7 Å². The number of aliphatic hydroxyl groups excluding tert-OH is 1. The number of H-pyrrole nitrogens is 1. The van der Waals surface area contributed by atoms with Crippen LogP contribution in [0.25, 0.3) is 11.0 Å². The summed E-state index contributed by atoms with van der Waals surface area (Å²) < 4.78 is 5.40. The number of carbonyl (C=O) groups is 1. The molecule has 0 spiro atoms. The van der Waals surface area contributed by atoms with Gasteiger partial charge in [-0.25, -0.2) is 0 Å². The molecule has 0 bridgehead atoms. The molecule has 3 aromatic rings. The predicted molar refractivity (Wildman–Crippen MR) is 106 cm³/mol. The van der Waals surface area contributed by atoms with Crippen molar-refractivity contribution in [1.82, 2.24) is 20.2 Å². The van der Waals surface area contributed by atoms with Gasteiger partial charge in [0.15, 0.2) is 6.61 Å². The Balaban J connectivity index is 1.19. The summed E-state index contributed by atoms with van der Waals surface area (Å²) in [5, 5.41) is 13.0. The van der Waals surface area contributed by atoms with Crippen LogP contribution in [-0.2, 0) is 17.8 Å². The van der Waals surface area contributed by atoms with Gasteiger partial charge in [0.05, 0.1) is 17.1 Å². The molecule has 0 radical (unpaired) electrons. The molecule has 1 aromatic heterocycles. The van der Waals surface area contributed by atoms with Crippen molar-refractivity contribution in [1.29, 1.82) is 0 Å². The molecule has 2 heterocycles. The van der Waals surface area contributed by atoms with Crippen LogP contribution in [0, 0.1) is 0 Å². The van der Waals surface area contributed by atoms with Crippen molar-refractivity contribution in [2.75, 3.05) is 26.2 Å². The van der Waals surface area contributed by atoms with Gasteiger partial charge in [0.1, 0.15) is 0 Å². The Bertz CT molecular complexity index is 922. The minimum Gasteiger partial charge on any atom is -0.455 e. The molecule has 7 heteroatoms. The number of aromatic nitrogens is 2. The Labute approximate surface area is 163 Å². The fourth-order valence-electron chi connectivity index (χ4n) is 3.49. The maximum Gasteiger partial charge on any atom is 0.295 e. The topological polar surface area (TPSA) is 90.5 Å². The zero-order valence-corrected chi connectivity index (χ0v) is 15.6. The van der Waals surface area contributed by atoms with Gasteiger partial charge in [-0.1, -0.05) is 36.4 Å². The van der Waals surface area contributed by atoms with Crippen LogP contribution in [0.2, 0.25) is 0 Å². The average Bonchev–Trinajstić information content (AvgIpc) is 3.14. The van der Waals surface area contributed by atoms with Gasteiger partial charge < -0.3 is 20.1 Å². The Morgan fingerprint density at radius 3 is 2.86 bits per heavy atom. The van der Waals surface area contributed by atoms with Crippen LogP contribution < -0.4 is 10.1 Å². The summed E-state index contributed by atoms with van der Waals surface area (Å²) in [6.07, 6.45) is 0.362. The lowest BCUT2D eigenvalue weighted by molar-refractivity contribution is -0.123. The monoisotopic (exact) mass is 380 g/mol. The van der Waals surface area contributed by atoms with Gasteiger partial charge in [-0.15, -0.1) is 0 Å². The first-order chi connectivity index (χ1) is 13.7. The van der Waals surface area contributed by atoms with Crippen molar-refractivity contribution in [3.63, 3.8) is 0 Å². The molecular weight excluding hydrogens is 356 g/mol. The fraction of sp³-hybridized carbons (Fsp3) is 0.333. The van der Waals surface area contributed by atoms with E-state index >= 15 is 0 Å². The first-order valence-electron chi connectivity index (χ1n) is 9.49. The number of β-amino-alcohol motifs (C(OH)–C–C–N with tert-alkyl or cyclic N) is 1. The smallest absolute Gasteiger partial charge is 0.295 e. The SMILES string of the molecule is O=C(COc1nc2ccccc2[nH]1)NC[C@@H](O)CN1CCc2ccccc2C1. The van der Waals surface area contributed by atoms with E-state index in [1.54, 1.807) is 0 Å². The third-order valence-corrected chi connectivity index (χ3v) is 4.92. The molecule has 3 N–H and O–H groups in total. The van der Waals surface area contributed by atoms with Gasteiger partial charge >= 0.3 is 0 Å². The van der Waals surface area contributed by atoms with E-state index in [1.807, 2.05) is 30.3 Å².